The normalized spacial score (nSPS) is 12.4. The molecule has 8 nitrogen and oxygen atoms in total. The Hall–Kier alpha value is -1.49. The molecule has 0 saturated heterocycles. The molecular formula is C11H16N2O6S2. The molecule has 0 amide bonds. The van der Waals surface area contributed by atoms with Crippen molar-refractivity contribution in [2.75, 3.05) is 20.7 Å². The highest BCUT2D eigenvalue weighted by molar-refractivity contribution is 7.89. The van der Waals surface area contributed by atoms with E-state index in [0.29, 0.717) is 0 Å². The van der Waals surface area contributed by atoms with Crippen molar-refractivity contribution in [2.45, 2.75) is 16.2 Å². The first-order valence-corrected chi connectivity index (χ1v) is 8.73. The minimum Gasteiger partial charge on any atom is -0.469 e. The second kappa shape index (κ2) is 6.52. The van der Waals surface area contributed by atoms with Crippen LogP contribution in [-0.2, 0) is 29.6 Å². The van der Waals surface area contributed by atoms with E-state index in [1.807, 2.05) is 0 Å². The van der Waals surface area contributed by atoms with Crippen LogP contribution < -0.4 is 5.14 Å². The van der Waals surface area contributed by atoms with Gasteiger partial charge in [0.15, 0.2) is 0 Å². The molecule has 1 aromatic rings. The maximum absolute atomic E-state index is 12.2. The van der Waals surface area contributed by atoms with Crippen LogP contribution in [0.15, 0.2) is 34.1 Å². The number of ether oxygens (including phenoxy) is 1. The Morgan fingerprint density at radius 3 is 2.05 bits per heavy atom. The van der Waals surface area contributed by atoms with E-state index in [1.54, 1.807) is 0 Å². The second-order valence-corrected chi connectivity index (χ2v) is 7.78. The lowest BCUT2D eigenvalue weighted by Gasteiger charge is -2.16. The Labute approximate surface area is 123 Å². The maximum Gasteiger partial charge on any atom is 0.306 e. The van der Waals surface area contributed by atoms with Crippen molar-refractivity contribution in [2.24, 2.45) is 5.14 Å². The van der Waals surface area contributed by atoms with Gasteiger partial charge >= 0.3 is 5.97 Å². The maximum atomic E-state index is 12.2. The average Bonchev–Trinajstić information content (AvgIpc) is 2.43. The fourth-order valence-corrected chi connectivity index (χ4v) is 3.14. The smallest absolute Gasteiger partial charge is 0.306 e. The zero-order chi connectivity index (χ0) is 16.3. The van der Waals surface area contributed by atoms with Gasteiger partial charge in [-0.3, -0.25) is 4.79 Å². The van der Waals surface area contributed by atoms with Crippen molar-refractivity contribution in [3.8, 4) is 0 Å². The van der Waals surface area contributed by atoms with Crippen LogP contribution in [0.3, 0.4) is 0 Å². The number of benzene rings is 1. The minimum absolute atomic E-state index is 0.0497. The van der Waals surface area contributed by atoms with Crippen LogP contribution in [0.5, 0.6) is 0 Å². The van der Waals surface area contributed by atoms with Gasteiger partial charge in [0, 0.05) is 13.6 Å². The van der Waals surface area contributed by atoms with Crippen molar-refractivity contribution < 1.29 is 26.4 Å². The van der Waals surface area contributed by atoms with Crippen LogP contribution in [0, 0.1) is 0 Å². The molecule has 1 rings (SSSR count). The fourth-order valence-electron chi connectivity index (χ4n) is 1.45. The first-order valence-electron chi connectivity index (χ1n) is 5.75. The van der Waals surface area contributed by atoms with E-state index in [9.17, 15) is 21.6 Å². The zero-order valence-electron chi connectivity index (χ0n) is 11.5. The Kier molecular flexibility index (Phi) is 5.45. The molecule has 1 aromatic carbocycles. The van der Waals surface area contributed by atoms with Crippen molar-refractivity contribution in [3.05, 3.63) is 24.3 Å². The summed E-state index contributed by atoms with van der Waals surface area (Å²) in [7, 11) is -5.17. The van der Waals surface area contributed by atoms with Crippen molar-refractivity contribution in [3.63, 3.8) is 0 Å². The molecule has 0 aliphatic rings. The number of carbonyl (C=O) groups is 1. The first kappa shape index (κ1) is 17.6. The van der Waals surface area contributed by atoms with Gasteiger partial charge in [0.2, 0.25) is 20.0 Å². The summed E-state index contributed by atoms with van der Waals surface area (Å²) < 4.78 is 52.0. The summed E-state index contributed by atoms with van der Waals surface area (Å²) in [6.07, 6.45) is -0.0819. The van der Waals surface area contributed by atoms with Crippen molar-refractivity contribution >= 4 is 26.0 Å². The summed E-state index contributed by atoms with van der Waals surface area (Å²) in [4.78, 5) is 10.7. The lowest BCUT2D eigenvalue weighted by Crippen LogP contribution is -2.29. The molecule has 0 fully saturated rings. The standard InChI is InChI=1S/C11H16N2O6S2/c1-13(8-7-11(14)19-2)21(17,18)10-5-3-9(4-6-10)20(12,15)16/h3-6H,7-8H2,1-2H3,(H2,12,15,16). The quantitative estimate of drug-likeness (QED) is 0.700. The molecule has 2 N–H and O–H groups in total. The average molecular weight is 336 g/mol. The van der Waals surface area contributed by atoms with Crippen molar-refractivity contribution in [1.29, 1.82) is 0 Å². The highest BCUT2D eigenvalue weighted by Crippen LogP contribution is 2.17. The Balaban J connectivity index is 2.95. The van der Waals surface area contributed by atoms with Gasteiger partial charge < -0.3 is 4.74 Å². The van der Waals surface area contributed by atoms with E-state index in [-0.39, 0.29) is 22.8 Å². The van der Waals surface area contributed by atoms with E-state index >= 15 is 0 Å². The van der Waals surface area contributed by atoms with Crippen LogP contribution in [0.2, 0.25) is 0 Å². The van der Waals surface area contributed by atoms with Gasteiger partial charge in [0.05, 0.1) is 23.3 Å². The Morgan fingerprint density at radius 2 is 1.62 bits per heavy atom. The minimum atomic E-state index is -3.88. The third-order valence-electron chi connectivity index (χ3n) is 2.72. The molecular weight excluding hydrogens is 320 g/mol. The summed E-state index contributed by atoms with van der Waals surface area (Å²) in [6.45, 7) is -0.0497. The van der Waals surface area contributed by atoms with E-state index < -0.39 is 26.0 Å². The number of nitrogens with zero attached hydrogens (tertiary/aromatic N) is 1. The van der Waals surface area contributed by atoms with E-state index in [4.69, 9.17) is 5.14 Å². The number of hydrogen-bond donors (Lipinski definition) is 1. The van der Waals surface area contributed by atoms with Gasteiger partial charge in [-0.15, -0.1) is 0 Å². The lowest BCUT2D eigenvalue weighted by atomic mass is 10.4. The SMILES string of the molecule is COC(=O)CCN(C)S(=O)(=O)c1ccc(S(N)(=O)=O)cc1. The summed E-state index contributed by atoms with van der Waals surface area (Å²) in [5.41, 5.74) is 0. The number of rotatable bonds is 6. The number of esters is 1. The van der Waals surface area contributed by atoms with E-state index in [0.717, 1.165) is 28.6 Å². The van der Waals surface area contributed by atoms with Crippen molar-refractivity contribution in [1.82, 2.24) is 4.31 Å². The van der Waals surface area contributed by atoms with E-state index in [1.165, 1.54) is 14.2 Å². The number of carbonyl (C=O) groups excluding carboxylic acids is 1. The molecule has 0 spiro atoms. The molecule has 0 heterocycles. The molecule has 0 aliphatic heterocycles. The molecule has 0 unspecified atom stereocenters. The third-order valence-corrected chi connectivity index (χ3v) is 5.52. The molecule has 0 aromatic heterocycles. The first-order chi connectivity index (χ1) is 9.59. The largest absolute Gasteiger partial charge is 0.469 e. The molecule has 0 aliphatic carbocycles. The summed E-state index contributed by atoms with van der Waals surface area (Å²) in [5.74, 6) is -0.526. The highest BCUT2D eigenvalue weighted by Gasteiger charge is 2.22. The molecule has 0 bridgehead atoms. The van der Waals surface area contributed by atoms with Crippen LogP contribution in [0.25, 0.3) is 0 Å². The van der Waals surface area contributed by atoms with Gasteiger partial charge in [-0.05, 0) is 24.3 Å². The highest BCUT2D eigenvalue weighted by atomic mass is 32.2. The fraction of sp³-hybridized carbons (Fsp3) is 0.364. The van der Waals surface area contributed by atoms with Crippen LogP contribution in [-0.4, -0.2) is 47.8 Å². The van der Waals surface area contributed by atoms with Gasteiger partial charge in [0.1, 0.15) is 0 Å². The lowest BCUT2D eigenvalue weighted by molar-refractivity contribution is -0.140. The predicted octanol–water partition coefficient (Wildman–Crippen LogP) is -0.482. The molecule has 0 radical (unpaired) electrons. The molecule has 0 atom stereocenters. The Bertz CT molecular complexity index is 710. The van der Waals surface area contributed by atoms with E-state index in [2.05, 4.69) is 4.74 Å². The van der Waals surface area contributed by atoms with Crippen LogP contribution >= 0.6 is 0 Å². The number of sulfonamides is 2. The summed E-state index contributed by atoms with van der Waals surface area (Å²) in [5, 5.41) is 4.93. The van der Waals surface area contributed by atoms with Crippen LogP contribution in [0.4, 0.5) is 0 Å². The van der Waals surface area contributed by atoms with Gasteiger partial charge in [-0.1, -0.05) is 0 Å². The monoisotopic (exact) mass is 336 g/mol. The number of primary sulfonamides is 1. The van der Waals surface area contributed by atoms with Gasteiger partial charge in [0.25, 0.3) is 0 Å². The topological polar surface area (TPSA) is 124 Å². The molecule has 118 valence electrons. The number of hydrogen-bond acceptors (Lipinski definition) is 6. The van der Waals surface area contributed by atoms with Gasteiger partial charge in [-0.25, -0.2) is 26.3 Å². The summed E-state index contributed by atoms with van der Waals surface area (Å²) in [6, 6.07) is 4.50. The molecule has 0 saturated carbocycles. The Morgan fingerprint density at radius 1 is 1.14 bits per heavy atom. The molecule has 21 heavy (non-hydrogen) atoms. The third kappa shape index (κ3) is 4.49. The van der Waals surface area contributed by atoms with Gasteiger partial charge in [-0.2, -0.15) is 0 Å². The summed E-state index contributed by atoms with van der Waals surface area (Å²) >= 11 is 0. The van der Waals surface area contributed by atoms with Crippen LogP contribution in [0.1, 0.15) is 6.42 Å². The number of nitrogens with two attached hydrogens (primary N) is 1. The zero-order valence-corrected chi connectivity index (χ0v) is 13.1. The molecule has 10 heteroatoms. The number of methoxy groups -OCH3 is 1. The predicted molar refractivity (Wildman–Crippen MR) is 74.3 cm³/mol. The second-order valence-electron chi connectivity index (χ2n) is 4.17.